The van der Waals surface area contributed by atoms with Crippen molar-refractivity contribution in [3.8, 4) is 0 Å². The van der Waals surface area contributed by atoms with E-state index in [0.29, 0.717) is 18.3 Å². The summed E-state index contributed by atoms with van der Waals surface area (Å²) in [5, 5.41) is 24.4. The summed E-state index contributed by atoms with van der Waals surface area (Å²) in [6, 6.07) is 0. The molecule has 0 aromatic carbocycles. The van der Waals surface area contributed by atoms with Gasteiger partial charge in [-0.3, -0.25) is 4.99 Å². The van der Waals surface area contributed by atoms with Crippen LogP contribution in [0.4, 0.5) is 0 Å². The van der Waals surface area contributed by atoms with Crippen LogP contribution in [-0.4, -0.2) is 52.1 Å². The fourth-order valence-electron chi connectivity index (χ4n) is 3.77. The molecule has 8 nitrogen and oxygen atoms in total. The van der Waals surface area contributed by atoms with Gasteiger partial charge in [-0.15, -0.1) is 11.5 Å². The molecule has 0 radical (unpaired) electrons. The molecule has 1 aliphatic rings. The smallest absolute Gasteiger partial charge is 0.155 e. The van der Waals surface area contributed by atoms with Gasteiger partial charge in [0.15, 0.2) is 5.34 Å². The van der Waals surface area contributed by atoms with Crippen molar-refractivity contribution < 1.29 is 24.6 Å². The minimum Gasteiger partial charge on any atom is -0.393 e. The Balaban J connectivity index is 0.000000989. The van der Waals surface area contributed by atoms with Crippen molar-refractivity contribution >= 4 is 23.1 Å². The molecule has 0 amide bonds. The number of thioether (sulfide) groups is 1. The van der Waals surface area contributed by atoms with E-state index in [-0.39, 0.29) is 24.2 Å². The van der Waals surface area contributed by atoms with Gasteiger partial charge in [-0.25, -0.2) is 0 Å². The van der Waals surface area contributed by atoms with E-state index in [2.05, 4.69) is 56.0 Å². The Hall–Kier alpha value is -1.81. The maximum Gasteiger partial charge on any atom is 0.155 e. The monoisotopic (exact) mass is 540 g/mol. The van der Waals surface area contributed by atoms with Crippen molar-refractivity contribution in [3.05, 3.63) is 41.3 Å². The topological polar surface area (TPSA) is 121 Å². The predicted molar refractivity (Wildman–Crippen MR) is 153 cm³/mol. The predicted octanol–water partition coefficient (Wildman–Crippen LogP) is 6.38. The normalized spacial score (nSPS) is 23.0. The number of nitrogens with zero attached hydrogens (tertiary/aromatic N) is 2. The van der Waals surface area contributed by atoms with Gasteiger partial charge in [0, 0.05) is 11.6 Å². The van der Waals surface area contributed by atoms with Crippen molar-refractivity contribution in [1.82, 2.24) is 0 Å². The third kappa shape index (κ3) is 14.1. The lowest BCUT2D eigenvalue weighted by Crippen LogP contribution is -2.34. The molecule has 1 aliphatic heterocycles. The van der Waals surface area contributed by atoms with E-state index < -0.39 is 11.5 Å². The highest BCUT2D eigenvalue weighted by Gasteiger charge is 2.51. The summed E-state index contributed by atoms with van der Waals surface area (Å²) in [6.07, 6.45) is 8.43. The first-order valence-electron chi connectivity index (χ1n) is 12.8. The SMILES string of the molecule is C=CCC(C)C(O)C(C)CCCC1(C)OC1C/C(C)=C/N=C(C)SC=C.CC(C)(C=O)C(O)CON=O. The maximum absolute atomic E-state index is 10.4. The van der Waals surface area contributed by atoms with Gasteiger partial charge in [-0.2, -0.15) is 0 Å². The van der Waals surface area contributed by atoms with Gasteiger partial charge in [-0.1, -0.05) is 64.1 Å². The third-order valence-corrected chi connectivity index (χ3v) is 7.36. The molecule has 1 fully saturated rings. The average molecular weight is 541 g/mol. The standard InChI is InChI=1S/C22H37NO2S.C6H11NO4/c1-8-11-17(4)21(24)18(5)12-10-13-22(7)20(25-22)14-16(3)15-23-19(6)26-9-2;1-6(2,4-8)5(9)3-11-7-10/h8-9,15,17-18,20-21,24H,1-2,10-14H2,3-7H3;4-5,9H,3H2,1-2H3/b16-15+,23-19?;. The summed E-state index contributed by atoms with van der Waals surface area (Å²) in [6.45, 7) is 20.8. The molecule has 0 bridgehead atoms. The van der Waals surface area contributed by atoms with Gasteiger partial charge in [-0.05, 0) is 63.7 Å². The number of allylic oxidation sites excluding steroid dienone is 1. The molecule has 1 heterocycles. The van der Waals surface area contributed by atoms with Crippen molar-refractivity contribution in [1.29, 1.82) is 0 Å². The van der Waals surface area contributed by atoms with Crippen molar-refractivity contribution in [2.24, 2.45) is 27.6 Å². The number of carbonyl (C=O) groups excluding carboxylic acids is 1. The number of epoxide rings is 1. The highest BCUT2D eigenvalue weighted by atomic mass is 32.2. The first-order chi connectivity index (χ1) is 17.3. The summed E-state index contributed by atoms with van der Waals surface area (Å²) in [7, 11) is 0. The Labute approximate surface area is 227 Å². The lowest BCUT2D eigenvalue weighted by atomic mass is 9.86. The van der Waals surface area contributed by atoms with Gasteiger partial charge in [0.25, 0.3) is 0 Å². The molecular formula is C28H48N2O6S. The Morgan fingerprint density at radius 1 is 1.24 bits per heavy atom. The number of hydrogen-bond donors (Lipinski definition) is 2. The minimum atomic E-state index is -1.00. The first-order valence-corrected chi connectivity index (χ1v) is 13.7. The lowest BCUT2D eigenvalue weighted by molar-refractivity contribution is -0.123. The summed E-state index contributed by atoms with van der Waals surface area (Å²) in [5.41, 5.74) is 0.330. The molecule has 0 saturated carbocycles. The molecule has 0 spiro atoms. The van der Waals surface area contributed by atoms with Crippen LogP contribution in [0.5, 0.6) is 0 Å². The van der Waals surface area contributed by atoms with Crippen LogP contribution < -0.4 is 0 Å². The Morgan fingerprint density at radius 3 is 2.43 bits per heavy atom. The second kappa shape index (κ2) is 17.7. The maximum atomic E-state index is 10.4. The van der Waals surface area contributed by atoms with Crippen LogP contribution in [0.2, 0.25) is 0 Å². The van der Waals surface area contributed by atoms with Gasteiger partial charge in [0.1, 0.15) is 19.0 Å². The van der Waals surface area contributed by atoms with Crippen molar-refractivity contribution in [3.63, 3.8) is 0 Å². The molecule has 6 atom stereocenters. The molecule has 37 heavy (non-hydrogen) atoms. The van der Waals surface area contributed by atoms with E-state index in [4.69, 9.17) is 9.84 Å². The number of carbonyl (C=O) groups is 1. The van der Waals surface area contributed by atoms with Gasteiger partial charge in [0.05, 0.1) is 22.9 Å². The first kappa shape index (κ1) is 35.2. The van der Waals surface area contributed by atoms with Crippen LogP contribution in [0.1, 0.15) is 80.6 Å². The number of aliphatic hydroxyl groups excluding tert-OH is 2. The van der Waals surface area contributed by atoms with E-state index in [1.165, 1.54) is 5.57 Å². The zero-order valence-corrected chi connectivity index (χ0v) is 24.5. The Kier molecular flexibility index (Phi) is 16.8. The number of rotatable bonds is 17. The fraction of sp³-hybridized carbons (Fsp3) is 0.714. The molecule has 1 saturated heterocycles. The highest BCUT2D eigenvalue weighted by Crippen LogP contribution is 2.44. The summed E-state index contributed by atoms with van der Waals surface area (Å²) in [4.78, 5) is 28.2. The van der Waals surface area contributed by atoms with E-state index >= 15 is 0 Å². The van der Waals surface area contributed by atoms with Crippen LogP contribution in [0, 0.1) is 22.2 Å². The van der Waals surface area contributed by atoms with Crippen LogP contribution in [0.15, 0.2) is 46.7 Å². The summed E-state index contributed by atoms with van der Waals surface area (Å²) < 4.78 is 5.97. The van der Waals surface area contributed by atoms with Gasteiger partial charge >= 0.3 is 0 Å². The molecule has 212 valence electrons. The molecule has 9 heteroatoms. The van der Waals surface area contributed by atoms with E-state index in [1.54, 1.807) is 31.0 Å². The van der Waals surface area contributed by atoms with Gasteiger partial charge < -0.3 is 24.6 Å². The second-order valence-electron chi connectivity index (χ2n) is 10.7. The highest BCUT2D eigenvalue weighted by molar-refractivity contribution is 8.16. The van der Waals surface area contributed by atoms with Crippen molar-refractivity contribution in [2.45, 2.75) is 104 Å². The molecule has 2 N–H and O–H groups in total. The molecule has 0 aromatic heterocycles. The largest absolute Gasteiger partial charge is 0.393 e. The fourth-order valence-corrected chi connectivity index (χ4v) is 4.12. The number of aliphatic hydroxyl groups is 2. The van der Waals surface area contributed by atoms with Gasteiger partial charge in [0.2, 0.25) is 0 Å². The Bertz CT molecular complexity index is 785. The van der Waals surface area contributed by atoms with Crippen LogP contribution in [0.3, 0.4) is 0 Å². The summed E-state index contributed by atoms with van der Waals surface area (Å²) in [5.74, 6) is 0.589. The molecule has 0 aromatic rings. The zero-order valence-electron chi connectivity index (χ0n) is 23.7. The number of ether oxygens (including phenoxy) is 1. The van der Waals surface area contributed by atoms with Crippen LogP contribution in [-0.2, 0) is 14.4 Å². The molecule has 6 unspecified atom stereocenters. The number of aldehydes is 1. The van der Waals surface area contributed by atoms with Crippen LogP contribution >= 0.6 is 11.8 Å². The summed E-state index contributed by atoms with van der Waals surface area (Å²) >= 11 is 1.54. The van der Waals surface area contributed by atoms with Crippen molar-refractivity contribution in [2.75, 3.05) is 6.61 Å². The molecular weight excluding hydrogens is 492 g/mol. The molecule has 1 rings (SSSR count). The zero-order chi connectivity index (χ0) is 28.6. The quantitative estimate of drug-likeness (QED) is 0.0417. The molecule has 0 aliphatic carbocycles. The lowest BCUT2D eigenvalue weighted by Gasteiger charge is -2.24. The number of aliphatic imine (C=N–C) groups is 1. The van der Waals surface area contributed by atoms with E-state index in [1.807, 2.05) is 19.2 Å². The van der Waals surface area contributed by atoms with E-state index in [0.717, 1.165) is 37.1 Å². The minimum absolute atomic E-state index is 0.0128. The second-order valence-corrected chi connectivity index (χ2v) is 11.9. The average Bonchev–Trinajstić information content (AvgIpc) is 3.49. The van der Waals surface area contributed by atoms with Crippen LogP contribution in [0.25, 0.3) is 0 Å². The number of hydrogen-bond acceptors (Lipinski definition) is 9. The van der Waals surface area contributed by atoms with E-state index in [9.17, 15) is 14.8 Å². The third-order valence-electron chi connectivity index (χ3n) is 6.75. The Morgan fingerprint density at radius 2 is 1.89 bits per heavy atom.